The lowest BCUT2D eigenvalue weighted by molar-refractivity contribution is 0.294. The molecule has 0 aliphatic heterocycles. The molecule has 2 aromatic rings. The van der Waals surface area contributed by atoms with Crippen LogP contribution in [0.1, 0.15) is 18.9 Å². The Morgan fingerprint density at radius 2 is 1.67 bits per heavy atom. The van der Waals surface area contributed by atoms with Crippen LogP contribution in [0.4, 0.5) is 5.69 Å². The molecular formula is C18H21Cl2NO3. The fourth-order valence-corrected chi connectivity index (χ4v) is 2.65. The Hall–Kier alpha value is -1.78. The van der Waals surface area contributed by atoms with E-state index >= 15 is 0 Å². The minimum absolute atomic E-state index is 0.534. The number of halogens is 2. The van der Waals surface area contributed by atoms with Gasteiger partial charge >= 0.3 is 0 Å². The third-order valence-electron chi connectivity index (χ3n) is 3.43. The van der Waals surface area contributed by atoms with Crippen molar-refractivity contribution in [3.8, 4) is 17.2 Å². The van der Waals surface area contributed by atoms with E-state index in [2.05, 4.69) is 5.32 Å². The van der Waals surface area contributed by atoms with Crippen LogP contribution in [0, 0.1) is 0 Å². The molecule has 0 aliphatic carbocycles. The fraction of sp³-hybridized carbons (Fsp3) is 0.333. The van der Waals surface area contributed by atoms with E-state index in [1.54, 1.807) is 20.3 Å². The molecule has 0 fully saturated rings. The number of hydrogen-bond donors (Lipinski definition) is 1. The number of anilines is 1. The Morgan fingerprint density at radius 1 is 0.917 bits per heavy atom. The van der Waals surface area contributed by atoms with Gasteiger partial charge in [0.25, 0.3) is 0 Å². The van der Waals surface area contributed by atoms with Crippen molar-refractivity contribution < 1.29 is 14.2 Å². The number of ether oxygens (including phenoxy) is 3. The minimum atomic E-state index is 0.534. The molecule has 0 amide bonds. The van der Waals surface area contributed by atoms with Gasteiger partial charge in [0.05, 0.1) is 25.8 Å². The Kier molecular flexibility index (Phi) is 6.88. The zero-order valence-electron chi connectivity index (χ0n) is 14.0. The normalized spacial score (nSPS) is 10.4. The molecule has 6 heteroatoms. The second-order valence-corrected chi connectivity index (χ2v) is 5.96. The van der Waals surface area contributed by atoms with Crippen LogP contribution in [0.15, 0.2) is 30.3 Å². The highest BCUT2D eigenvalue weighted by Crippen LogP contribution is 2.34. The minimum Gasteiger partial charge on any atom is -0.495 e. The maximum Gasteiger partial charge on any atom is 0.162 e. The van der Waals surface area contributed by atoms with E-state index in [1.807, 2.05) is 31.2 Å². The van der Waals surface area contributed by atoms with Gasteiger partial charge in [-0.15, -0.1) is 0 Å². The summed E-state index contributed by atoms with van der Waals surface area (Å²) in [6, 6.07) is 9.19. The SMILES string of the molecule is CCCOc1cc(Cl)c(CNc2ccc(OC)c(Cl)c2)cc1OC. The van der Waals surface area contributed by atoms with Crippen molar-refractivity contribution in [2.45, 2.75) is 19.9 Å². The first kappa shape index (κ1) is 18.6. The molecule has 1 N–H and O–H groups in total. The molecule has 2 rings (SSSR count). The van der Waals surface area contributed by atoms with Gasteiger partial charge in [-0.25, -0.2) is 0 Å². The van der Waals surface area contributed by atoms with Gasteiger partial charge in [0.1, 0.15) is 5.75 Å². The lowest BCUT2D eigenvalue weighted by Crippen LogP contribution is -2.03. The van der Waals surface area contributed by atoms with Crippen LogP contribution < -0.4 is 19.5 Å². The molecule has 0 saturated heterocycles. The highest BCUT2D eigenvalue weighted by atomic mass is 35.5. The Bertz CT molecular complexity index is 692. The first-order valence-electron chi connectivity index (χ1n) is 7.65. The molecule has 0 bridgehead atoms. The van der Waals surface area contributed by atoms with E-state index in [4.69, 9.17) is 37.4 Å². The summed E-state index contributed by atoms with van der Waals surface area (Å²) in [5.74, 6) is 1.96. The average molecular weight is 370 g/mol. The molecule has 2 aromatic carbocycles. The number of benzene rings is 2. The predicted octanol–water partition coefficient (Wildman–Crippen LogP) is 5.41. The van der Waals surface area contributed by atoms with Crippen molar-refractivity contribution in [3.63, 3.8) is 0 Å². The summed E-state index contributed by atoms with van der Waals surface area (Å²) in [5, 5.41) is 4.46. The van der Waals surface area contributed by atoms with Crippen LogP contribution in [-0.2, 0) is 6.54 Å². The van der Waals surface area contributed by atoms with Crippen molar-refractivity contribution in [2.24, 2.45) is 0 Å². The summed E-state index contributed by atoms with van der Waals surface area (Å²) in [6.07, 6.45) is 0.919. The van der Waals surface area contributed by atoms with E-state index in [-0.39, 0.29) is 0 Å². The third kappa shape index (κ3) is 4.62. The number of methoxy groups -OCH3 is 2. The lowest BCUT2D eigenvalue weighted by Gasteiger charge is -2.14. The van der Waals surface area contributed by atoms with Gasteiger partial charge in [0, 0.05) is 23.3 Å². The van der Waals surface area contributed by atoms with Gasteiger partial charge < -0.3 is 19.5 Å². The van der Waals surface area contributed by atoms with Crippen molar-refractivity contribution in [2.75, 3.05) is 26.1 Å². The lowest BCUT2D eigenvalue weighted by atomic mass is 10.2. The Balaban J connectivity index is 2.13. The molecule has 0 atom stereocenters. The molecule has 24 heavy (non-hydrogen) atoms. The quantitative estimate of drug-likeness (QED) is 0.674. The van der Waals surface area contributed by atoms with Gasteiger partial charge in [-0.2, -0.15) is 0 Å². The summed E-state index contributed by atoms with van der Waals surface area (Å²) in [6.45, 7) is 3.20. The van der Waals surface area contributed by atoms with Gasteiger partial charge in [-0.05, 0) is 36.2 Å². The van der Waals surface area contributed by atoms with Crippen LogP contribution in [0.5, 0.6) is 17.2 Å². The largest absolute Gasteiger partial charge is 0.495 e. The molecule has 0 heterocycles. The number of rotatable bonds is 8. The van der Waals surface area contributed by atoms with E-state index in [1.165, 1.54) is 0 Å². The van der Waals surface area contributed by atoms with Crippen molar-refractivity contribution in [3.05, 3.63) is 45.9 Å². The second kappa shape index (κ2) is 8.90. The first-order chi connectivity index (χ1) is 11.6. The molecule has 0 aliphatic rings. The van der Waals surface area contributed by atoms with Gasteiger partial charge in [0.2, 0.25) is 0 Å². The maximum atomic E-state index is 6.36. The van der Waals surface area contributed by atoms with E-state index in [0.717, 1.165) is 17.7 Å². The highest BCUT2D eigenvalue weighted by molar-refractivity contribution is 6.32. The molecular weight excluding hydrogens is 349 g/mol. The van der Waals surface area contributed by atoms with Crippen LogP contribution in [0.3, 0.4) is 0 Å². The zero-order chi connectivity index (χ0) is 17.5. The first-order valence-corrected chi connectivity index (χ1v) is 8.41. The van der Waals surface area contributed by atoms with Gasteiger partial charge in [-0.1, -0.05) is 30.1 Å². The molecule has 0 saturated carbocycles. The van der Waals surface area contributed by atoms with Crippen LogP contribution >= 0.6 is 23.2 Å². The number of hydrogen-bond acceptors (Lipinski definition) is 4. The summed E-state index contributed by atoms with van der Waals surface area (Å²) < 4.78 is 16.2. The zero-order valence-corrected chi connectivity index (χ0v) is 15.5. The molecule has 0 unspecified atom stereocenters. The summed E-state index contributed by atoms with van der Waals surface area (Å²) >= 11 is 12.5. The summed E-state index contributed by atoms with van der Waals surface area (Å²) in [7, 11) is 3.20. The van der Waals surface area contributed by atoms with Gasteiger partial charge in [-0.3, -0.25) is 0 Å². The molecule has 130 valence electrons. The Labute approximate surface area is 152 Å². The summed E-state index contributed by atoms with van der Waals surface area (Å²) in [4.78, 5) is 0. The van der Waals surface area contributed by atoms with E-state index in [9.17, 15) is 0 Å². The standard InChI is InChI=1S/C18H21Cl2NO3/c1-4-7-24-18-10-14(19)12(8-17(18)23-3)11-21-13-5-6-16(22-2)15(20)9-13/h5-6,8-10,21H,4,7,11H2,1-3H3. The van der Waals surface area contributed by atoms with Crippen molar-refractivity contribution >= 4 is 28.9 Å². The average Bonchev–Trinajstić information content (AvgIpc) is 2.59. The van der Waals surface area contributed by atoms with Crippen LogP contribution in [0.25, 0.3) is 0 Å². The van der Waals surface area contributed by atoms with Crippen LogP contribution in [-0.4, -0.2) is 20.8 Å². The third-order valence-corrected chi connectivity index (χ3v) is 4.08. The Morgan fingerprint density at radius 3 is 2.29 bits per heavy atom. The van der Waals surface area contributed by atoms with E-state index < -0.39 is 0 Å². The predicted molar refractivity (Wildman–Crippen MR) is 99.1 cm³/mol. The molecule has 4 nitrogen and oxygen atoms in total. The summed E-state index contributed by atoms with van der Waals surface area (Å²) in [5.41, 5.74) is 1.78. The smallest absolute Gasteiger partial charge is 0.162 e. The molecule has 0 spiro atoms. The highest BCUT2D eigenvalue weighted by Gasteiger charge is 2.11. The van der Waals surface area contributed by atoms with E-state index in [0.29, 0.717) is 40.4 Å². The molecule has 0 aromatic heterocycles. The molecule has 0 radical (unpaired) electrons. The topological polar surface area (TPSA) is 39.7 Å². The second-order valence-electron chi connectivity index (χ2n) is 5.15. The maximum absolute atomic E-state index is 6.36. The fourth-order valence-electron chi connectivity index (χ4n) is 2.17. The van der Waals surface area contributed by atoms with Gasteiger partial charge in [0.15, 0.2) is 11.5 Å². The van der Waals surface area contributed by atoms with Crippen LogP contribution in [0.2, 0.25) is 10.0 Å². The monoisotopic (exact) mass is 369 g/mol. The van der Waals surface area contributed by atoms with Crippen molar-refractivity contribution in [1.29, 1.82) is 0 Å². The van der Waals surface area contributed by atoms with Crippen molar-refractivity contribution in [1.82, 2.24) is 0 Å². The number of nitrogens with one attached hydrogen (secondary N) is 1.